The third kappa shape index (κ3) is 4.50. The molecule has 1 aromatic rings. The molecule has 0 aromatic heterocycles. The van der Waals surface area contributed by atoms with Crippen molar-refractivity contribution < 1.29 is 28.6 Å². The smallest absolute Gasteiger partial charge is 0.409 e. The highest BCUT2D eigenvalue weighted by molar-refractivity contribution is 6.04. The minimum Gasteiger partial charge on any atom is -0.454 e. The second-order valence-electron chi connectivity index (χ2n) is 6.71. The fraction of sp³-hybridized carbons (Fsp3) is 0.526. The number of fused-ring (bicyclic) bond motifs is 1. The molecule has 2 aliphatic heterocycles. The van der Waals surface area contributed by atoms with Gasteiger partial charge in [0, 0.05) is 31.1 Å². The average molecular weight is 376 g/mol. The van der Waals surface area contributed by atoms with Gasteiger partial charge in [0.1, 0.15) is 0 Å². The summed E-state index contributed by atoms with van der Waals surface area (Å²) in [6, 6.07) is 3.20. The first kappa shape index (κ1) is 19.0. The number of hydrogen-bond acceptors (Lipinski definition) is 6. The Balaban J connectivity index is 1.64. The van der Waals surface area contributed by atoms with Crippen molar-refractivity contribution in [3.63, 3.8) is 0 Å². The molecule has 27 heavy (non-hydrogen) atoms. The molecule has 0 spiro atoms. The summed E-state index contributed by atoms with van der Waals surface area (Å²) in [6.07, 6.45) is 1.63. The van der Waals surface area contributed by atoms with E-state index >= 15 is 0 Å². The van der Waals surface area contributed by atoms with Crippen LogP contribution in [0.15, 0.2) is 12.1 Å². The molecule has 2 heterocycles. The number of hydrogen-bond donors (Lipinski definition) is 1. The average Bonchev–Trinajstić information content (AvgIpc) is 3.08. The second kappa shape index (κ2) is 8.28. The van der Waals surface area contributed by atoms with E-state index in [4.69, 9.17) is 14.2 Å². The van der Waals surface area contributed by atoms with Crippen LogP contribution >= 0.6 is 0 Å². The van der Waals surface area contributed by atoms with Crippen LogP contribution in [0.5, 0.6) is 11.5 Å². The Morgan fingerprint density at radius 2 is 2.00 bits per heavy atom. The van der Waals surface area contributed by atoms with Crippen LogP contribution in [0.1, 0.15) is 43.5 Å². The summed E-state index contributed by atoms with van der Waals surface area (Å²) in [6.45, 7) is 4.77. The molecule has 0 saturated carbocycles. The maximum Gasteiger partial charge on any atom is 0.409 e. The number of carbonyl (C=O) groups excluding carboxylic acids is 3. The molecule has 3 rings (SSSR count). The summed E-state index contributed by atoms with van der Waals surface area (Å²) < 4.78 is 15.7. The van der Waals surface area contributed by atoms with Crippen LogP contribution < -0.4 is 14.8 Å². The SMILES string of the molecule is CCOC(=O)N1CCCC(CC(=O)Nc2cc3c(cc2C(C)=O)OCO3)C1. The quantitative estimate of drug-likeness (QED) is 0.794. The van der Waals surface area contributed by atoms with Crippen molar-refractivity contribution in [1.29, 1.82) is 0 Å². The lowest BCUT2D eigenvalue weighted by Gasteiger charge is -2.31. The lowest BCUT2D eigenvalue weighted by atomic mass is 9.94. The van der Waals surface area contributed by atoms with E-state index in [9.17, 15) is 14.4 Å². The van der Waals surface area contributed by atoms with Crippen LogP contribution in [0.2, 0.25) is 0 Å². The highest BCUT2D eigenvalue weighted by Gasteiger charge is 2.27. The van der Waals surface area contributed by atoms with Crippen LogP contribution in [-0.4, -0.2) is 49.2 Å². The van der Waals surface area contributed by atoms with Crippen molar-refractivity contribution in [2.75, 3.05) is 31.8 Å². The number of nitrogens with one attached hydrogen (secondary N) is 1. The molecule has 0 aliphatic carbocycles. The summed E-state index contributed by atoms with van der Waals surface area (Å²) in [5.74, 6) is 0.678. The molecule has 1 N–H and O–H groups in total. The molecule has 1 unspecified atom stereocenters. The lowest BCUT2D eigenvalue weighted by Crippen LogP contribution is -2.41. The van der Waals surface area contributed by atoms with Gasteiger partial charge in [-0.2, -0.15) is 0 Å². The number of piperidine rings is 1. The number of carbonyl (C=O) groups is 3. The molecule has 1 saturated heterocycles. The van der Waals surface area contributed by atoms with E-state index in [-0.39, 0.29) is 36.9 Å². The van der Waals surface area contributed by atoms with Crippen molar-refractivity contribution in [2.24, 2.45) is 5.92 Å². The summed E-state index contributed by atoms with van der Waals surface area (Å²) in [5, 5.41) is 2.81. The lowest BCUT2D eigenvalue weighted by molar-refractivity contribution is -0.117. The standard InChI is InChI=1S/C19H24N2O6/c1-3-25-19(24)21-6-4-5-13(10-21)7-18(23)20-15-9-17-16(26-11-27-17)8-14(15)12(2)22/h8-9,13H,3-7,10-11H2,1-2H3,(H,20,23). The largest absolute Gasteiger partial charge is 0.454 e. The number of amides is 2. The number of ether oxygens (including phenoxy) is 3. The molecule has 1 atom stereocenters. The van der Waals surface area contributed by atoms with E-state index in [0.717, 1.165) is 12.8 Å². The van der Waals surface area contributed by atoms with Gasteiger partial charge in [0.05, 0.1) is 12.3 Å². The molecule has 8 nitrogen and oxygen atoms in total. The van der Waals surface area contributed by atoms with E-state index in [1.54, 1.807) is 24.0 Å². The molecule has 2 amide bonds. The third-order valence-electron chi connectivity index (χ3n) is 4.69. The highest BCUT2D eigenvalue weighted by atomic mass is 16.7. The van der Waals surface area contributed by atoms with Crippen LogP contribution in [-0.2, 0) is 9.53 Å². The summed E-state index contributed by atoms with van der Waals surface area (Å²) in [4.78, 5) is 38.0. The minimum absolute atomic E-state index is 0.0537. The number of ketones is 1. The van der Waals surface area contributed by atoms with Crippen LogP contribution in [0.3, 0.4) is 0 Å². The first-order chi connectivity index (χ1) is 13.0. The van der Waals surface area contributed by atoms with Crippen molar-refractivity contribution in [1.82, 2.24) is 4.90 Å². The van der Waals surface area contributed by atoms with E-state index < -0.39 is 0 Å². The van der Waals surface area contributed by atoms with Crippen molar-refractivity contribution in [3.05, 3.63) is 17.7 Å². The van der Waals surface area contributed by atoms with Gasteiger partial charge in [-0.25, -0.2) is 4.79 Å². The zero-order valence-electron chi connectivity index (χ0n) is 15.6. The van der Waals surface area contributed by atoms with Gasteiger partial charge in [0.25, 0.3) is 0 Å². The molecular weight excluding hydrogens is 352 g/mol. The Labute approximate surface area is 157 Å². The molecular formula is C19H24N2O6. The first-order valence-electron chi connectivity index (χ1n) is 9.14. The molecule has 0 bridgehead atoms. The van der Waals surface area contributed by atoms with E-state index in [1.807, 2.05) is 0 Å². The number of nitrogens with zero attached hydrogens (tertiary/aromatic N) is 1. The molecule has 1 fully saturated rings. The Bertz CT molecular complexity index is 748. The van der Waals surface area contributed by atoms with Gasteiger partial charge in [0.2, 0.25) is 12.7 Å². The summed E-state index contributed by atoms with van der Waals surface area (Å²) >= 11 is 0. The van der Waals surface area contributed by atoms with E-state index in [1.165, 1.54) is 6.92 Å². The Kier molecular flexibility index (Phi) is 5.83. The number of Topliss-reactive ketones (excluding diaryl/α,β-unsaturated/α-hetero) is 1. The zero-order valence-corrected chi connectivity index (χ0v) is 15.6. The predicted molar refractivity (Wildman–Crippen MR) is 97.1 cm³/mol. The number of anilines is 1. The molecule has 2 aliphatic rings. The summed E-state index contributed by atoms with van der Waals surface area (Å²) in [7, 11) is 0. The third-order valence-corrected chi connectivity index (χ3v) is 4.69. The first-order valence-corrected chi connectivity index (χ1v) is 9.14. The number of likely N-dealkylation sites (tertiary alicyclic amines) is 1. The van der Waals surface area contributed by atoms with Crippen molar-refractivity contribution in [2.45, 2.75) is 33.1 Å². The summed E-state index contributed by atoms with van der Waals surface area (Å²) in [5.41, 5.74) is 0.791. The Hall–Kier alpha value is -2.77. The van der Waals surface area contributed by atoms with Crippen molar-refractivity contribution >= 4 is 23.5 Å². The predicted octanol–water partition coefficient (Wildman–Crippen LogP) is 2.82. The molecule has 146 valence electrons. The Morgan fingerprint density at radius 1 is 1.26 bits per heavy atom. The maximum atomic E-state index is 12.5. The maximum absolute atomic E-state index is 12.5. The fourth-order valence-electron chi connectivity index (χ4n) is 3.41. The normalized spacial score (nSPS) is 18.1. The fourth-order valence-corrected chi connectivity index (χ4v) is 3.41. The van der Waals surface area contributed by atoms with Gasteiger partial charge in [-0.3, -0.25) is 9.59 Å². The number of rotatable bonds is 5. The van der Waals surface area contributed by atoms with Crippen LogP contribution in [0, 0.1) is 5.92 Å². The van der Waals surface area contributed by atoms with Gasteiger partial charge in [-0.1, -0.05) is 0 Å². The van der Waals surface area contributed by atoms with Gasteiger partial charge in [-0.15, -0.1) is 0 Å². The van der Waals surface area contributed by atoms with Gasteiger partial charge >= 0.3 is 6.09 Å². The van der Waals surface area contributed by atoms with E-state index in [2.05, 4.69) is 5.32 Å². The van der Waals surface area contributed by atoms with Crippen LogP contribution in [0.4, 0.5) is 10.5 Å². The zero-order chi connectivity index (χ0) is 19.4. The minimum atomic E-state index is -0.336. The molecule has 0 radical (unpaired) electrons. The molecule has 8 heteroatoms. The van der Waals surface area contributed by atoms with Gasteiger partial charge in [0.15, 0.2) is 17.3 Å². The highest BCUT2D eigenvalue weighted by Crippen LogP contribution is 2.37. The van der Waals surface area contributed by atoms with Gasteiger partial charge < -0.3 is 24.4 Å². The molecule has 1 aromatic carbocycles. The number of benzene rings is 1. The topological polar surface area (TPSA) is 94.2 Å². The second-order valence-corrected chi connectivity index (χ2v) is 6.71. The Morgan fingerprint density at radius 3 is 2.70 bits per heavy atom. The van der Waals surface area contributed by atoms with Crippen LogP contribution in [0.25, 0.3) is 0 Å². The van der Waals surface area contributed by atoms with Gasteiger partial charge in [-0.05, 0) is 38.7 Å². The van der Waals surface area contributed by atoms with E-state index in [0.29, 0.717) is 42.4 Å². The monoisotopic (exact) mass is 376 g/mol. The van der Waals surface area contributed by atoms with Crippen molar-refractivity contribution in [3.8, 4) is 11.5 Å².